The molecular formula is C15H26N4O4. The fourth-order valence-electron chi connectivity index (χ4n) is 1.72. The van der Waals surface area contributed by atoms with Crippen molar-refractivity contribution in [1.29, 1.82) is 0 Å². The Labute approximate surface area is 136 Å². The maximum atomic E-state index is 11.5. The molecule has 0 fully saturated rings. The zero-order chi connectivity index (χ0) is 16.9. The summed E-state index contributed by atoms with van der Waals surface area (Å²) in [6.07, 6.45) is 3.24. The highest BCUT2D eigenvalue weighted by Crippen LogP contribution is 1.95. The van der Waals surface area contributed by atoms with E-state index < -0.39 is 0 Å². The van der Waals surface area contributed by atoms with Crippen LogP contribution in [-0.2, 0) is 32.2 Å². The maximum Gasteiger partial charge on any atom is 0.220 e. The lowest BCUT2D eigenvalue weighted by atomic mass is 10.2. The van der Waals surface area contributed by atoms with Crippen LogP contribution in [0.25, 0.3) is 0 Å². The molecule has 0 saturated carbocycles. The Balaban J connectivity index is 2.12. The van der Waals surface area contributed by atoms with Gasteiger partial charge < -0.3 is 19.6 Å². The number of amides is 1. The first kappa shape index (κ1) is 19.2. The van der Waals surface area contributed by atoms with Crippen LogP contribution in [0.4, 0.5) is 0 Å². The van der Waals surface area contributed by atoms with E-state index in [9.17, 15) is 9.59 Å². The van der Waals surface area contributed by atoms with Gasteiger partial charge in [0.2, 0.25) is 5.91 Å². The molecule has 0 bridgehead atoms. The van der Waals surface area contributed by atoms with Crippen molar-refractivity contribution in [3.63, 3.8) is 0 Å². The highest BCUT2D eigenvalue weighted by atomic mass is 16.5. The van der Waals surface area contributed by atoms with Crippen molar-refractivity contribution in [3.8, 4) is 0 Å². The van der Waals surface area contributed by atoms with Crippen LogP contribution < -0.4 is 5.32 Å². The van der Waals surface area contributed by atoms with Gasteiger partial charge in [0.15, 0.2) is 0 Å². The Morgan fingerprint density at radius 2 is 1.91 bits per heavy atom. The van der Waals surface area contributed by atoms with Crippen LogP contribution >= 0.6 is 0 Å². The number of rotatable bonds is 13. The Morgan fingerprint density at radius 3 is 2.61 bits per heavy atom. The van der Waals surface area contributed by atoms with Crippen LogP contribution in [0.5, 0.6) is 0 Å². The van der Waals surface area contributed by atoms with E-state index in [1.165, 1.54) is 6.92 Å². The molecule has 0 saturated heterocycles. The molecule has 0 aliphatic rings. The minimum atomic E-state index is -0.162. The zero-order valence-corrected chi connectivity index (χ0v) is 13.9. The summed E-state index contributed by atoms with van der Waals surface area (Å²) in [5, 5.41) is 10.6. The molecule has 8 nitrogen and oxygen atoms in total. The van der Waals surface area contributed by atoms with Crippen LogP contribution in [0, 0.1) is 0 Å². The van der Waals surface area contributed by atoms with E-state index in [0.29, 0.717) is 38.6 Å². The Hall–Kier alpha value is -1.80. The van der Waals surface area contributed by atoms with Gasteiger partial charge in [0.25, 0.3) is 0 Å². The number of ketones is 1. The van der Waals surface area contributed by atoms with E-state index in [0.717, 1.165) is 13.0 Å². The third-order valence-corrected chi connectivity index (χ3v) is 2.94. The fourth-order valence-corrected chi connectivity index (χ4v) is 1.72. The maximum absolute atomic E-state index is 11.5. The van der Waals surface area contributed by atoms with Crippen molar-refractivity contribution in [2.24, 2.45) is 0 Å². The largest absolute Gasteiger partial charge is 0.379 e. The summed E-state index contributed by atoms with van der Waals surface area (Å²) in [6, 6.07) is 0. The third-order valence-electron chi connectivity index (χ3n) is 2.94. The molecule has 1 heterocycles. The summed E-state index contributed by atoms with van der Waals surface area (Å²) in [5.74, 6) is -0.156. The van der Waals surface area contributed by atoms with Gasteiger partial charge in [-0.25, -0.2) is 4.68 Å². The molecule has 0 unspecified atom stereocenters. The minimum absolute atomic E-state index is 0.00573. The van der Waals surface area contributed by atoms with E-state index in [2.05, 4.69) is 22.6 Å². The van der Waals surface area contributed by atoms with Gasteiger partial charge in [0, 0.05) is 19.4 Å². The zero-order valence-electron chi connectivity index (χ0n) is 13.9. The number of hydrogen-bond donors (Lipinski definition) is 1. The molecular weight excluding hydrogens is 300 g/mol. The van der Waals surface area contributed by atoms with Crippen molar-refractivity contribution >= 4 is 11.7 Å². The number of Topliss-reactive ketones (excluding diaryl/α,β-unsaturated/α-hetero) is 1. The summed E-state index contributed by atoms with van der Waals surface area (Å²) in [5.41, 5.74) is 0.674. The molecule has 8 heteroatoms. The van der Waals surface area contributed by atoms with E-state index in [-0.39, 0.29) is 24.5 Å². The number of carbonyl (C=O) groups is 2. The Morgan fingerprint density at radius 1 is 1.17 bits per heavy atom. The lowest BCUT2D eigenvalue weighted by Crippen LogP contribution is -2.23. The third kappa shape index (κ3) is 9.75. The van der Waals surface area contributed by atoms with Gasteiger partial charge in [-0.15, -0.1) is 5.10 Å². The topological polar surface area (TPSA) is 95.3 Å². The van der Waals surface area contributed by atoms with Crippen LogP contribution in [0.15, 0.2) is 6.20 Å². The number of nitrogens with zero attached hydrogens (tertiary/aromatic N) is 3. The summed E-state index contributed by atoms with van der Waals surface area (Å²) in [6.45, 7) is 6.89. The summed E-state index contributed by atoms with van der Waals surface area (Å²) >= 11 is 0. The van der Waals surface area contributed by atoms with E-state index in [1.807, 2.05) is 0 Å². The number of hydrogen-bond acceptors (Lipinski definition) is 6. The average molecular weight is 326 g/mol. The molecule has 1 aromatic rings. The second-order valence-electron chi connectivity index (χ2n) is 5.18. The second-order valence-corrected chi connectivity index (χ2v) is 5.18. The van der Waals surface area contributed by atoms with Gasteiger partial charge in [-0.1, -0.05) is 12.1 Å². The van der Waals surface area contributed by atoms with Crippen molar-refractivity contribution in [3.05, 3.63) is 11.9 Å². The summed E-state index contributed by atoms with van der Waals surface area (Å²) in [7, 11) is 0. The van der Waals surface area contributed by atoms with E-state index >= 15 is 0 Å². The molecule has 0 aromatic carbocycles. The molecule has 1 amide bonds. The van der Waals surface area contributed by atoms with E-state index in [4.69, 9.17) is 9.47 Å². The van der Waals surface area contributed by atoms with Gasteiger partial charge in [0.05, 0.1) is 39.1 Å². The molecule has 0 atom stereocenters. The SMILES string of the molecule is CCCOCCOCCn1cc(CNC(=O)CCC(C)=O)nn1. The minimum Gasteiger partial charge on any atom is -0.379 e. The molecule has 1 N–H and O–H groups in total. The van der Waals surface area contributed by atoms with Crippen molar-refractivity contribution < 1.29 is 19.1 Å². The van der Waals surface area contributed by atoms with Crippen LogP contribution in [0.2, 0.25) is 0 Å². The standard InChI is InChI=1S/C15H26N4O4/c1-3-7-22-9-10-23-8-6-19-12-14(17-18-19)11-16-15(21)5-4-13(2)20/h12H,3-11H2,1-2H3,(H,16,21). The predicted molar refractivity (Wildman–Crippen MR) is 83.7 cm³/mol. The molecule has 0 spiro atoms. The number of aromatic nitrogens is 3. The lowest BCUT2D eigenvalue weighted by molar-refractivity contribution is -0.124. The Kier molecular flexibility index (Phi) is 9.81. The second kappa shape index (κ2) is 11.7. The molecule has 1 aromatic heterocycles. The predicted octanol–water partition coefficient (Wildman–Crippen LogP) is 0.707. The average Bonchev–Trinajstić information content (AvgIpc) is 2.98. The molecule has 0 radical (unpaired) electrons. The summed E-state index contributed by atoms with van der Waals surface area (Å²) < 4.78 is 12.4. The first-order chi connectivity index (χ1) is 11.1. The van der Waals surface area contributed by atoms with Gasteiger partial charge in [0.1, 0.15) is 11.5 Å². The highest BCUT2D eigenvalue weighted by Gasteiger charge is 2.05. The van der Waals surface area contributed by atoms with Crippen LogP contribution in [0.1, 0.15) is 38.8 Å². The van der Waals surface area contributed by atoms with E-state index in [1.54, 1.807) is 10.9 Å². The number of nitrogens with one attached hydrogen (secondary N) is 1. The van der Waals surface area contributed by atoms with Crippen LogP contribution in [-0.4, -0.2) is 53.1 Å². The molecule has 0 aliphatic carbocycles. The highest BCUT2D eigenvalue weighted by molar-refractivity contribution is 5.83. The smallest absolute Gasteiger partial charge is 0.220 e. The quantitative estimate of drug-likeness (QED) is 0.536. The first-order valence-electron chi connectivity index (χ1n) is 7.92. The normalized spacial score (nSPS) is 10.7. The van der Waals surface area contributed by atoms with Gasteiger partial charge in [-0.05, 0) is 13.3 Å². The Bertz CT molecular complexity index is 476. The first-order valence-corrected chi connectivity index (χ1v) is 7.92. The molecule has 130 valence electrons. The number of carbonyl (C=O) groups excluding carboxylic acids is 2. The molecule has 0 aliphatic heterocycles. The molecule has 23 heavy (non-hydrogen) atoms. The monoisotopic (exact) mass is 326 g/mol. The lowest BCUT2D eigenvalue weighted by Gasteiger charge is -2.04. The fraction of sp³-hybridized carbons (Fsp3) is 0.733. The van der Waals surface area contributed by atoms with Gasteiger partial charge in [-0.2, -0.15) is 0 Å². The molecule has 1 rings (SSSR count). The van der Waals surface area contributed by atoms with Gasteiger partial charge >= 0.3 is 0 Å². The van der Waals surface area contributed by atoms with Crippen molar-refractivity contribution in [2.45, 2.75) is 46.2 Å². The van der Waals surface area contributed by atoms with Crippen molar-refractivity contribution in [1.82, 2.24) is 20.3 Å². The van der Waals surface area contributed by atoms with Gasteiger partial charge in [-0.3, -0.25) is 4.79 Å². The summed E-state index contributed by atoms with van der Waals surface area (Å²) in [4.78, 5) is 22.3. The van der Waals surface area contributed by atoms with Crippen LogP contribution in [0.3, 0.4) is 0 Å². The number of ether oxygens (including phenoxy) is 2. The van der Waals surface area contributed by atoms with Crippen molar-refractivity contribution in [2.75, 3.05) is 26.4 Å².